The highest BCUT2D eigenvalue weighted by molar-refractivity contribution is 7.99. The fourth-order valence-electron chi connectivity index (χ4n) is 1.71. The second-order valence-electron chi connectivity index (χ2n) is 6.27. The summed E-state index contributed by atoms with van der Waals surface area (Å²) in [6.07, 6.45) is 0. The van der Waals surface area contributed by atoms with Gasteiger partial charge in [-0.15, -0.1) is 11.8 Å². The lowest BCUT2D eigenvalue weighted by Gasteiger charge is -2.20. The van der Waals surface area contributed by atoms with Crippen LogP contribution in [0.4, 0.5) is 0 Å². The first-order valence-corrected chi connectivity index (χ1v) is 8.30. The SMILES string of the molecule is CC(C)C(CS)CSc1ccc(C(C)(C)C)cc1. The fraction of sp³-hybridized carbons (Fsp3) is 0.625. The Hall–Kier alpha value is -0.0800. The molecule has 102 valence electrons. The summed E-state index contributed by atoms with van der Waals surface area (Å²) in [5, 5.41) is 0. The van der Waals surface area contributed by atoms with Crippen molar-refractivity contribution in [1.29, 1.82) is 0 Å². The normalized spacial score (nSPS) is 13.9. The van der Waals surface area contributed by atoms with Crippen LogP contribution in [0.25, 0.3) is 0 Å². The van der Waals surface area contributed by atoms with E-state index in [0.29, 0.717) is 11.8 Å². The Morgan fingerprint density at radius 1 is 1.11 bits per heavy atom. The van der Waals surface area contributed by atoms with Crippen LogP contribution in [0.3, 0.4) is 0 Å². The molecule has 0 heterocycles. The maximum absolute atomic E-state index is 4.44. The Balaban J connectivity index is 2.59. The molecule has 0 saturated carbocycles. The van der Waals surface area contributed by atoms with Gasteiger partial charge < -0.3 is 0 Å². The molecule has 1 unspecified atom stereocenters. The van der Waals surface area contributed by atoms with E-state index in [9.17, 15) is 0 Å². The fourth-order valence-corrected chi connectivity index (χ4v) is 3.67. The molecule has 0 nitrogen and oxygen atoms in total. The number of hydrogen-bond acceptors (Lipinski definition) is 2. The van der Waals surface area contributed by atoms with Gasteiger partial charge in [-0.25, -0.2) is 0 Å². The molecule has 0 amide bonds. The largest absolute Gasteiger partial charge is 0.179 e. The number of rotatable bonds is 5. The quantitative estimate of drug-likeness (QED) is 0.566. The zero-order valence-electron chi connectivity index (χ0n) is 12.2. The summed E-state index contributed by atoms with van der Waals surface area (Å²) < 4.78 is 0. The molecule has 0 saturated heterocycles. The molecule has 0 aliphatic carbocycles. The average molecular weight is 283 g/mol. The number of hydrogen-bond donors (Lipinski definition) is 1. The van der Waals surface area contributed by atoms with Gasteiger partial charge in [0.1, 0.15) is 0 Å². The van der Waals surface area contributed by atoms with E-state index >= 15 is 0 Å². The van der Waals surface area contributed by atoms with Crippen molar-refractivity contribution < 1.29 is 0 Å². The van der Waals surface area contributed by atoms with Gasteiger partial charge >= 0.3 is 0 Å². The van der Waals surface area contributed by atoms with Crippen LogP contribution in [0.15, 0.2) is 29.2 Å². The highest BCUT2D eigenvalue weighted by Gasteiger charge is 2.14. The van der Waals surface area contributed by atoms with E-state index in [1.165, 1.54) is 10.5 Å². The molecule has 0 aromatic heterocycles. The molecule has 1 aromatic carbocycles. The Bertz CT molecular complexity index is 346. The molecule has 0 fully saturated rings. The molecular weight excluding hydrogens is 256 g/mol. The second kappa shape index (κ2) is 6.91. The van der Waals surface area contributed by atoms with E-state index in [1.54, 1.807) is 0 Å². The summed E-state index contributed by atoms with van der Waals surface area (Å²) in [5.41, 5.74) is 1.65. The molecule has 0 N–H and O–H groups in total. The Morgan fingerprint density at radius 3 is 2.06 bits per heavy atom. The Labute approximate surface area is 122 Å². The number of thioether (sulfide) groups is 1. The molecular formula is C16H26S2. The van der Waals surface area contributed by atoms with Gasteiger partial charge in [-0.2, -0.15) is 12.6 Å². The first kappa shape index (κ1) is 16.0. The summed E-state index contributed by atoms with van der Waals surface area (Å²) in [6, 6.07) is 9.02. The number of benzene rings is 1. The van der Waals surface area contributed by atoms with Crippen LogP contribution in [0.1, 0.15) is 40.2 Å². The molecule has 0 bridgehead atoms. The van der Waals surface area contributed by atoms with E-state index in [0.717, 1.165) is 11.5 Å². The summed E-state index contributed by atoms with van der Waals surface area (Å²) in [5.74, 6) is 3.55. The Kier molecular flexibility index (Phi) is 6.13. The maximum Gasteiger partial charge on any atom is 0.00722 e. The Morgan fingerprint density at radius 2 is 1.67 bits per heavy atom. The molecule has 1 atom stereocenters. The third-order valence-corrected chi connectivity index (χ3v) is 5.03. The zero-order valence-corrected chi connectivity index (χ0v) is 13.9. The van der Waals surface area contributed by atoms with Crippen molar-refractivity contribution >= 4 is 24.4 Å². The van der Waals surface area contributed by atoms with Gasteiger partial charge in [-0.3, -0.25) is 0 Å². The minimum absolute atomic E-state index is 0.245. The standard InChI is InChI=1S/C16H26S2/c1-12(2)13(10-17)11-18-15-8-6-14(7-9-15)16(3,4)5/h6-9,12-13,17H,10-11H2,1-5H3. The van der Waals surface area contributed by atoms with Crippen molar-refractivity contribution in [2.75, 3.05) is 11.5 Å². The summed E-state index contributed by atoms with van der Waals surface area (Å²) >= 11 is 6.39. The van der Waals surface area contributed by atoms with E-state index in [2.05, 4.69) is 71.5 Å². The van der Waals surface area contributed by atoms with Crippen molar-refractivity contribution in [3.63, 3.8) is 0 Å². The van der Waals surface area contributed by atoms with Crippen molar-refractivity contribution in [3.8, 4) is 0 Å². The molecule has 0 aliphatic rings. The molecule has 2 heteroatoms. The van der Waals surface area contributed by atoms with Gasteiger partial charge in [-0.05, 0) is 40.7 Å². The molecule has 0 radical (unpaired) electrons. The summed E-state index contributed by atoms with van der Waals surface area (Å²) in [4.78, 5) is 1.37. The van der Waals surface area contributed by atoms with Gasteiger partial charge in [-0.1, -0.05) is 46.8 Å². The van der Waals surface area contributed by atoms with Gasteiger partial charge in [0.05, 0.1) is 0 Å². The predicted molar refractivity (Wildman–Crippen MR) is 88.0 cm³/mol. The highest BCUT2D eigenvalue weighted by atomic mass is 32.2. The van der Waals surface area contributed by atoms with E-state index < -0.39 is 0 Å². The van der Waals surface area contributed by atoms with Crippen LogP contribution in [-0.4, -0.2) is 11.5 Å². The lowest BCUT2D eigenvalue weighted by atomic mass is 9.87. The van der Waals surface area contributed by atoms with Crippen LogP contribution in [-0.2, 0) is 5.41 Å². The molecule has 0 aliphatic heterocycles. The predicted octanol–water partition coefficient (Wildman–Crippen LogP) is 5.28. The van der Waals surface area contributed by atoms with Gasteiger partial charge in [0, 0.05) is 10.6 Å². The first-order valence-electron chi connectivity index (χ1n) is 6.68. The van der Waals surface area contributed by atoms with Crippen molar-refractivity contribution in [2.45, 2.75) is 44.9 Å². The number of thiol groups is 1. The van der Waals surface area contributed by atoms with Crippen LogP contribution in [0, 0.1) is 11.8 Å². The maximum atomic E-state index is 4.44. The molecule has 0 spiro atoms. The summed E-state index contributed by atoms with van der Waals surface area (Å²) in [7, 11) is 0. The zero-order chi connectivity index (χ0) is 13.8. The van der Waals surface area contributed by atoms with E-state index in [1.807, 2.05) is 11.8 Å². The molecule has 18 heavy (non-hydrogen) atoms. The van der Waals surface area contributed by atoms with E-state index in [4.69, 9.17) is 0 Å². The lowest BCUT2D eigenvalue weighted by Crippen LogP contribution is -2.13. The molecule has 1 rings (SSSR count). The monoisotopic (exact) mass is 282 g/mol. The lowest BCUT2D eigenvalue weighted by molar-refractivity contribution is 0.473. The van der Waals surface area contributed by atoms with Crippen molar-refractivity contribution in [2.24, 2.45) is 11.8 Å². The third kappa shape index (κ3) is 4.89. The third-order valence-electron chi connectivity index (χ3n) is 3.36. The van der Waals surface area contributed by atoms with Gasteiger partial charge in [0.2, 0.25) is 0 Å². The van der Waals surface area contributed by atoms with Gasteiger partial charge in [0.25, 0.3) is 0 Å². The minimum Gasteiger partial charge on any atom is -0.179 e. The topological polar surface area (TPSA) is 0 Å². The summed E-state index contributed by atoms with van der Waals surface area (Å²) in [6.45, 7) is 11.3. The van der Waals surface area contributed by atoms with Crippen LogP contribution in [0.2, 0.25) is 0 Å². The van der Waals surface area contributed by atoms with Gasteiger partial charge in [0.15, 0.2) is 0 Å². The highest BCUT2D eigenvalue weighted by Crippen LogP contribution is 2.28. The van der Waals surface area contributed by atoms with Crippen LogP contribution >= 0.6 is 24.4 Å². The minimum atomic E-state index is 0.245. The van der Waals surface area contributed by atoms with Crippen molar-refractivity contribution in [3.05, 3.63) is 29.8 Å². The van der Waals surface area contributed by atoms with E-state index in [-0.39, 0.29) is 5.41 Å². The van der Waals surface area contributed by atoms with Crippen molar-refractivity contribution in [1.82, 2.24) is 0 Å². The smallest absolute Gasteiger partial charge is 0.00722 e. The van der Waals surface area contributed by atoms with Crippen LogP contribution < -0.4 is 0 Å². The van der Waals surface area contributed by atoms with Crippen LogP contribution in [0.5, 0.6) is 0 Å². The first-order chi connectivity index (χ1) is 8.34. The second-order valence-corrected chi connectivity index (χ2v) is 7.73. The average Bonchev–Trinajstić information content (AvgIpc) is 2.29. The molecule has 1 aromatic rings.